The van der Waals surface area contributed by atoms with Crippen LogP contribution in [-0.4, -0.2) is 28.0 Å². The first kappa shape index (κ1) is 14.9. The summed E-state index contributed by atoms with van der Waals surface area (Å²) < 4.78 is 0. The van der Waals surface area contributed by atoms with Crippen molar-refractivity contribution in [1.29, 1.82) is 0 Å². The summed E-state index contributed by atoms with van der Waals surface area (Å²) in [6.07, 6.45) is 0. The zero-order valence-corrected chi connectivity index (χ0v) is 11.4. The number of carboxylic acids is 1. The average Bonchev–Trinajstić information content (AvgIpc) is 2.23. The van der Waals surface area contributed by atoms with Crippen molar-refractivity contribution in [3.05, 3.63) is 33.2 Å². The van der Waals surface area contributed by atoms with Gasteiger partial charge in [-0.2, -0.15) is 0 Å². The molecule has 6 nitrogen and oxygen atoms in total. The van der Waals surface area contributed by atoms with Gasteiger partial charge in [0.1, 0.15) is 11.6 Å². The lowest BCUT2D eigenvalue weighted by molar-refractivity contribution is -0.140. The molecule has 1 atom stereocenters. The quantitative estimate of drug-likeness (QED) is 0.751. The van der Waals surface area contributed by atoms with Crippen molar-refractivity contribution < 1.29 is 14.7 Å². The first-order valence-electron chi connectivity index (χ1n) is 5.98. The molecule has 104 valence electrons. The van der Waals surface area contributed by atoms with Gasteiger partial charge in [-0.1, -0.05) is 13.8 Å². The summed E-state index contributed by atoms with van der Waals surface area (Å²) in [4.78, 5) is 37.3. The average molecular weight is 266 g/mol. The van der Waals surface area contributed by atoms with E-state index in [2.05, 4.69) is 10.3 Å². The van der Waals surface area contributed by atoms with Crippen molar-refractivity contribution >= 4 is 11.9 Å². The van der Waals surface area contributed by atoms with Gasteiger partial charge in [0, 0.05) is 5.69 Å². The van der Waals surface area contributed by atoms with Gasteiger partial charge in [-0.3, -0.25) is 9.59 Å². The van der Waals surface area contributed by atoms with Gasteiger partial charge in [-0.05, 0) is 31.4 Å². The van der Waals surface area contributed by atoms with Gasteiger partial charge >= 0.3 is 5.97 Å². The van der Waals surface area contributed by atoms with Crippen LogP contribution in [0.3, 0.4) is 0 Å². The van der Waals surface area contributed by atoms with Crippen molar-refractivity contribution in [2.75, 3.05) is 0 Å². The number of hydrogen-bond acceptors (Lipinski definition) is 3. The predicted octanol–water partition coefficient (Wildman–Crippen LogP) is 0.831. The van der Waals surface area contributed by atoms with E-state index in [9.17, 15) is 14.4 Å². The number of aliphatic carboxylic acids is 1. The second-order valence-electron chi connectivity index (χ2n) is 4.87. The van der Waals surface area contributed by atoms with Crippen LogP contribution in [0.25, 0.3) is 0 Å². The maximum atomic E-state index is 12.0. The molecule has 0 saturated carbocycles. The number of aryl methyl sites for hydroxylation is 2. The van der Waals surface area contributed by atoms with E-state index in [1.807, 2.05) is 0 Å². The summed E-state index contributed by atoms with van der Waals surface area (Å²) in [5.74, 6) is -2.06. The summed E-state index contributed by atoms with van der Waals surface area (Å²) in [5.41, 5.74) is 0.615. The molecule has 0 aliphatic heterocycles. The van der Waals surface area contributed by atoms with Crippen LogP contribution < -0.4 is 10.9 Å². The molecule has 0 radical (unpaired) electrons. The number of pyridine rings is 1. The van der Waals surface area contributed by atoms with Crippen molar-refractivity contribution in [3.8, 4) is 0 Å². The summed E-state index contributed by atoms with van der Waals surface area (Å²) in [6.45, 7) is 6.73. The largest absolute Gasteiger partial charge is 0.480 e. The van der Waals surface area contributed by atoms with E-state index in [4.69, 9.17) is 5.11 Å². The van der Waals surface area contributed by atoms with Gasteiger partial charge in [0.05, 0.1) is 0 Å². The van der Waals surface area contributed by atoms with Crippen LogP contribution in [0.15, 0.2) is 10.9 Å². The number of aromatic nitrogens is 1. The molecule has 1 rings (SSSR count). The van der Waals surface area contributed by atoms with E-state index < -0.39 is 23.5 Å². The zero-order chi connectivity index (χ0) is 14.7. The minimum atomic E-state index is -1.12. The van der Waals surface area contributed by atoms with Crippen molar-refractivity contribution in [2.45, 2.75) is 33.7 Å². The van der Waals surface area contributed by atoms with E-state index in [0.29, 0.717) is 11.3 Å². The second kappa shape index (κ2) is 5.69. The minimum Gasteiger partial charge on any atom is -0.480 e. The Balaban J connectivity index is 3.08. The third-order valence-corrected chi connectivity index (χ3v) is 2.81. The van der Waals surface area contributed by atoms with E-state index in [-0.39, 0.29) is 11.5 Å². The highest BCUT2D eigenvalue weighted by atomic mass is 16.4. The smallest absolute Gasteiger partial charge is 0.326 e. The van der Waals surface area contributed by atoms with Crippen LogP contribution in [0.4, 0.5) is 0 Å². The fourth-order valence-electron chi connectivity index (χ4n) is 1.86. The van der Waals surface area contributed by atoms with Gasteiger partial charge in [0.2, 0.25) is 0 Å². The highest BCUT2D eigenvalue weighted by molar-refractivity contribution is 5.97. The van der Waals surface area contributed by atoms with Gasteiger partial charge in [-0.25, -0.2) is 4.79 Å². The molecule has 0 spiro atoms. The molecule has 1 aromatic rings. The summed E-state index contributed by atoms with van der Waals surface area (Å²) in [7, 11) is 0. The molecular weight excluding hydrogens is 248 g/mol. The number of nitrogens with one attached hydrogen (secondary N) is 2. The Morgan fingerprint density at radius 1 is 1.32 bits per heavy atom. The Morgan fingerprint density at radius 2 is 1.89 bits per heavy atom. The van der Waals surface area contributed by atoms with Crippen LogP contribution in [0.2, 0.25) is 0 Å². The van der Waals surface area contributed by atoms with Gasteiger partial charge in [-0.15, -0.1) is 0 Å². The zero-order valence-electron chi connectivity index (χ0n) is 11.4. The molecule has 1 aromatic heterocycles. The molecule has 1 amide bonds. The number of carboxylic acid groups (broad SMARTS) is 1. The fourth-order valence-corrected chi connectivity index (χ4v) is 1.86. The topological polar surface area (TPSA) is 99.3 Å². The molecular formula is C13H18N2O4. The highest BCUT2D eigenvalue weighted by Gasteiger charge is 2.25. The van der Waals surface area contributed by atoms with Gasteiger partial charge in [0.15, 0.2) is 0 Å². The minimum absolute atomic E-state index is 0.0440. The van der Waals surface area contributed by atoms with Crippen molar-refractivity contribution in [3.63, 3.8) is 0 Å². The van der Waals surface area contributed by atoms with Gasteiger partial charge in [0.25, 0.3) is 11.5 Å². The number of carbonyl (C=O) groups excluding carboxylic acids is 1. The molecule has 1 heterocycles. The number of aromatic amines is 1. The molecule has 0 saturated heterocycles. The Kier molecular flexibility index (Phi) is 4.47. The van der Waals surface area contributed by atoms with Crippen LogP contribution in [0, 0.1) is 19.8 Å². The van der Waals surface area contributed by atoms with Crippen LogP contribution >= 0.6 is 0 Å². The van der Waals surface area contributed by atoms with E-state index in [1.54, 1.807) is 33.8 Å². The van der Waals surface area contributed by atoms with Crippen LogP contribution in [0.5, 0.6) is 0 Å². The standard InChI is InChI=1S/C13H18N2O4/c1-6(2)10(13(18)19)15-12(17)9-7(3)5-8(4)14-11(9)16/h5-6,10H,1-4H3,(H,14,16)(H,15,17)(H,18,19). The molecule has 0 aliphatic carbocycles. The normalized spacial score (nSPS) is 12.3. The Morgan fingerprint density at radius 3 is 2.32 bits per heavy atom. The van der Waals surface area contributed by atoms with Crippen molar-refractivity contribution in [1.82, 2.24) is 10.3 Å². The SMILES string of the molecule is Cc1cc(C)c(C(=O)NC(C(=O)O)C(C)C)c(=O)[nH]1. The number of amides is 1. The Labute approximate surface area is 110 Å². The maximum absolute atomic E-state index is 12.0. The molecule has 19 heavy (non-hydrogen) atoms. The maximum Gasteiger partial charge on any atom is 0.326 e. The number of carbonyl (C=O) groups is 2. The molecule has 0 aliphatic rings. The fraction of sp³-hybridized carbons (Fsp3) is 0.462. The number of hydrogen-bond donors (Lipinski definition) is 3. The highest BCUT2D eigenvalue weighted by Crippen LogP contribution is 2.07. The van der Waals surface area contributed by atoms with E-state index in [1.165, 1.54) is 0 Å². The lowest BCUT2D eigenvalue weighted by Crippen LogP contribution is -2.46. The van der Waals surface area contributed by atoms with E-state index >= 15 is 0 Å². The molecule has 0 bridgehead atoms. The lowest BCUT2D eigenvalue weighted by Gasteiger charge is -2.18. The lowest BCUT2D eigenvalue weighted by atomic mass is 10.0. The number of H-pyrrole nitrogens is 1. The summed E-state index contributed by atoms with van der Waals surface area (Å²) in [6, 6.07) is 0.647. The monoisotopic (exact) mass is 266 g/mol. The van der Waals surface area contributed by atoms with Crippen molar-refractivity contribution in [2.24, 2.45) is 5.92 Å². The first-order chi connectivity index (χ1) is 8.73. The third-order valence-electron chi connectivity index (χ3n) is 2.81. The molecule has 1 unspecified atom stereocenters. The van der Waals surface area contributed by atoms with E-state index in [0.717, 1.165) is 0 Å². The predicted molar refractivity (Wildman–Crippen MR) is 70.3 cm³/mol. The van der Waals surface area contributed by atoms with Gasteiger partial charge < -0.3 is 15.4 Å². The summed E-state index contributed by atoms with van der Waals surface area (Å²) in [5, 5.41) is 11.4. The number of rotatable bonds is 4. The molecule has 3 N–H and O–H groups in total. The summed E-state index contributed by atoms with van der Waals surface area (Å²) >= 11 is 0. The molecule has 0 aromatic carbocycles. The molecule has 6 heteroatoms. The molecule has 0 fully saturated rings. The Bertz CT molecular complexity index is 560. The first-order valence-corrected chi connectivity index (χ1v) is 5.98. The third kappa shape index (κ3) is 3.43. The van der Waals surface area contributed by atoms with Crippen LogP contribution in [-0.2, 0) is 4.79 Å². The Hall–Kier alpha value is -2.11. The second-order valence-corrected chi connectivity index (χ2v) is 4.87. The van der Waals surface area contributed by atoms with Crippen LogP contribution in [0.1, 0.15) is 35.5 Å².